The van der Waals surface area contributed by atoms with Gasteiger partial charge in [-0.1, -0.05) is 12.1 Å². The fourth-order valence-corrected chi connectivity index (χ4v) is 4.84. The number of rotatable bonds is 9. The smallest absolute Gasteiger partial charge is 0.143 e. The monoisotopic (exact) mass is 372 g/mol. The first-order valence-corrected chi connectivity index (χ1v) is 10.4. The Morgan fingerprint density at radius 2 is 1.62 bits per heavy atom. The molecule has 26 heavy (non-hydrogen) atoms. The summed E-state index contributed by atoms with van der Waals surface area (Å²) < 4.78 is 17.2. The van der Waals surface area contributed by atoms with Crippen LogP contribution in [-0.2, 0) is 9.05 Å². The maximum absolute atomic E-state index is 8.98. The number of ether oxygens (including phenoxy) is 1. The Kier molecular flexibility index (Phi) is 7.29. The normalized spacial score (nSPS) is 12.2. The Morgan fingerprint density at radius 1 is 1.04 bits per heavy atom. The number of nitriles is 1. The molecule has 0 aromatic heterocycles. The Bertz CT molecular complexity index is 772. The second-order valence-corrected chi connectivity index (χ2v) is 8.06. The van der Waals surface area contributed by atoms with E-state index in [9.17, 15) is 0 Å². The molecule has 0 aliphatic heterocycles. The molecule has 0 fully saturated rings. The van der Waals surface area contributed by atoms with Crippen molar-refractivity contribution in [1.82, 2.24) is 0 Å². The maximum Gasteiger partial charge on any atom is 0.143 e. The number of anilines is 1. The Labute approximate surface area is 155 Å². The van der Waals surface area contributed by atoms with E-state index < -0.39 is 7.34 Å². The number of benzene rings is 2. The van der Waals surface area contributed by atoms with Crippen molar-refractivity contribution in [3.05, 3.63) is 59.7 Å². The van der Waals surface area contributed by atoms with E-state index in [0.717, 1.165) is 17.0 Å². The van der Waals surface area contributed by atoms with Gasteiger partial charge in [0.25, 0.3) is 0 Å². The zero-order valence-electron chi connectivity index (χ0n) is 15.4. The first-order chi connectivity index (χ1) is 12.6. The molecule has 1 unspecified atom stereocenters. The van der Waals surface area contributed by atoms with Crippen molar-refractivity contribution in [2.24, 2.45) is 0 Å². The third kappa shape index (κ3) is 4.89. The van der Waals surface area contributed by atoms with Crippen LogP contribution in [-0.4, -0.2) is 26.6 Å². The van der Waals surface area contributed by atoms with E-state index in [0.29, 0.717) is 18.8 Å². The van der Waals surface area contributed by atoms with Gasteiger partial charge < -0.3 is 19.1 Å². The second kappa shape index (κ2) is 9.45. The summed E-state index contributed by atoms with van der Waals surface area (Å²) in [6.07, 6.45) is 4.32. The number of nitrogens with one attached hydrogen (secondary N) is 1. The molecule has 5 nitrogen and oxygen atoms in total. The van der Waals surface area contributed by atoms with Crippen LogP contribution >= 0.6 is 7.34 Å². The molecule has 0 spiro atoms. The minimum absolute atomic E-state index is 0.249. The van der Waals surface area contributed by atoms with Crippen LogP contribution in [0.4, 0.5) is 5.69 Å². The lowest BCUT2D eigenvalue weighted by molar-refractivity contribution is 0.260. The van der Waals surface area contributed by atoms with Gasteiger partial charge in [-0.2, -0.15) is 5.26 Å². The third-order valence-corrected chi connectivity index (χ3v) is 6.44. The first kappa shape index (κ1) is 20.1. The Morgan fingerprint density at radius 3 is 2.08 bits per heavy atom. The summed E-state index contributed by atoms with van der Waals surface area (Å²) in [5.74, 6) is 0.535. The van der Waals surface area contributed by atoms with Crippen molar-refractivity contribution in [3.8, 4) is 11.8 Å². The van der Waals surface area contributed by atoms with Crippen LogP contribution in [0.2, 0.25) is 0 Å². The molecule has 2 aromatic carbocycles. The average molecular weight is 372 g/mol. The Hall–Kier alpha value is -2.25. The molecule has 0 bridgehead atoms. The summed E-state index contributed by atoms with van der Waals surface area (Å²) in [7, 11) is -0.837. The zero-order chi connectivity index (χ0) is 19.0. The van der Waals surface area contributed by atoms with E-state index in [1.807, 2.05) is 50.2 Å². The van der Waals surface area contributed by atoms with Crippen molar-refractivity contribution < 1.29 is 13.8 Å². The largest absolute Gasteiger partial charge is 0.497 e. The summed E-state index contributed by atoms with van der Waals surface area (Å²) in [5, 5.41) is 12.5. The molecular weight excluding hydrogens is 347 g/mol. The lowest BCUT2D eigenvalue weighted by Gasteiger charge is -2.33. The summed E-state index contributed by atoms with van der Waals surface area (Å²) in [6, 6.07) is 17.2. The molecule has 1 atom stereocenters. The van der Waals surface area contributed by atoms with E-state index >= 15 is 0 Å². The molecule has 0 aliphatic carbocycles. The van der Waals surface area contributed by atoms with E-state index in [4.69, 9.17) is 19.0 Å². The molecule has 0 amide bonds. The quantitative estimate of drug-likeness (QED) is 0.626. The van der Waals surface area contributed by atoms with Crippen molar-refractivity contribution in [2.75, 3.05) is 25.6 Å². The highest BCUT2D eigenvalue weighted by atomic mass is 31.2. The summed E-state index contributed by atoms with van der Waals surface area (Å²) >= 11 is 0. The van der Waals surface area contributed by atoms with Crippen LogP contribution in [0.1, 0.15) is 30.8 Å². The van der Waals surface area contributed by atoms with Gasteiger partial charge in [0.05, 0.1) is 32.0 Å². The predicted octanol–water partition coefficient (Wildman–Crippen LogP) is 5.03. The molecule has 0 saturated carbocycles. The van der Waals surface area contributed by atoms with E-state index in [1.165, 1.54) is 0 Å². The molecule has 2 aromatic rings. The molecule has 6 heteroatoms. The summed E-state index contributed by atoms with van der Waals surface area (Å²) in [4.78, 5) is 0. The molecule has 1 N–H and O–H groups in total. The van der Waals surface area contributed by atoms with Crippen LogP contribution in [0.3, 0.4) is 0 Å². The van der Waals surface area contributed by atoms with E-state index in [-0.39, 0.29) is 5.78 Å². The molecule has 0 aliphatic rings. The first-order valence-electron chi connectivity index (χ1n) is 8.49. The highest BCUT2D eigenvalue weighted by molar-refractivity contribution is 7.64. The van der Waals surface area contributed by atoms with Crippen molar-refractivity contribution >= 4 is 19.3 Å². The minimum atomic E-state index is -2.48. The average Bonchev–Trinajstić information content (AvgIpc) is 2.67. The highest BCUT2D eigenvalue weighted by Crippen LogP contribution is 2.60. The number of nitrogens with zero attached hydrogens (tertiary/aromatic N) is 1. The van der Waals surface area contributed by atoms with Crippen molar-refractivity contribution in [2.45, 2.75) is 19.6 Å². The van der Waals surface area contributed by atoms with Gasteiger partial charge in [0.1, 0.15) is 18.9 Å². The molecule has 0 saturated heterocycles. The lowest BCUT2D eigenvalue weighted by Crippen LogP contribution is -2.15. The standard InChI is InChI=1S/C20H25N2O3P/c1-5-24-26(4,25-6-2)20(17-9-13-19(23-3)14-10-17)22-18-11-7-16(15-21)8-12-18/h7-14,20,22H,4-6H2,1-3H3. The van der Waals surface area contributed by atoms with Crippen LogP contribution in [0.25, 0.3) is 0 Å². The fourth-order valence-electron chi connectivity index (χ4n) is 2.62. The van der Waals surface area contributed by atoms with Gasteiger partial charge in [-0.25, -0.2) is 0 Å². The fraction of sp³-hybridized carbons (Fsp3) is 0.300. The third-order valence-electron chi connectivity index (χ3n) is 3.84. The number of hydrogen-bond acceptors (Lipinski definition) is 5. The predicted molar refractivity (Wildman–Crippen MR) is 108 cm³/mol. The molecular formula is C20H25N2O3P. The second-order valence-electron chi connectivity index (χ2n) is 5.57. The van der Waals surface area contributed by atoms with Gasteiger partial charge in [-0.15, -0.1) is 0 Å². The number of methoxy groups -OCH3 is 1. The highest BCUT2D eigenvalue weighted by Gasteiger charge is 2.29. The molecule has 138 valence electrons. The van der Waals surface area contributed by atoms with Crippen LogP contribution in [0.15, 0.2) is 48.5 Å². The van der Waals surface area contributed by atoms with Crippen LogP contribution < -0.4 is 10.1 Å². The van der Waals surface area contributed by atoms with Gasteiger partial charge in [0.15, 0.2) is 0 Å². The topological polar surface area (TPSA) is 63.5 Å². The van der Waals surface area contributed by atoms with Gasteiger partial charge in [0, 0.05) is 5.69 Å². The van der Waals surface area contributed by atoms with Crippen molar-refractivity contribution in [3.63, 3.8) is 0 Å². The molecule has 0 radical (unpaired) electrons. The zero-order valence-corrected chi connectivity index (χ0v) is 16.3. The molecule has 2 rings (SSSR count). The minimum Gasteiger partial charge on any atom is -0.497 e. The van der Waals surface area contributed by atoms with E-state index in [2.05, 4.69) is 17.7 Å². The van der Waals surface area contributed by atoms with Gasteiger partial charge in [0.2, 0.25) is 0 Å². The van der Waals surface area contributed by atoms with E-state index in [1.54, 1.807) is 19.2 Å². The van der Waals surface area contributed by atoms with Crippen molar-refractivity contribution in [1.29, 1.82) is 5.26 Å². The SMILES string of the molecule is C=P(OCC)(OCC)C(Nc1ccc(C#N)cc1)c1ccc(OC)cc1. The summed E-state index contributed by atoms with van der Waals surface area (Å²) in [6.45, 7) is 4.90. The Balaban J connectivity index is 2.41. The summed E-state index contributed by atoms with van der Waals surface area (Å²) in [5.41, 5.74) is 2.49. The van der Waals surface area contributed by atoms with Gasteiger partial charge in [-0.3, -0.25) is 0 Å². The molecule has 0 heterocycles. The van der Waals surface area contributed by atoms with Gasteiger partial charge in [-0.05, 0) is 62.1 Å². The van der Waals surface area contributed by atoms with Crippen LogP contribution in [0.5, 0.6) is 5.75 Å². The van der Waals surface area contributed by atoms with Crippen LogP contribution in [0, 0.1) is 11.3 Å². The van der Waals surface area contributed by atoms with Gasteiger partial charge >= 0.3 is 0 Å². The lowest BCUT2D eigenvalue weighted by atomic mass is 10.2. The maximum atomic E-state index is 8.98. The number of hydrogen-bond donors (Lipinski definition) is 1.